The molecule has 35 heavy (non-hydrogen) atoms. The van der Waals surface area contributed by atoms with Crippen LogP contribution in [0.2, 0.25) is 0 Å². The van der Waals surface area contributed by atoms with E-state index in [0.717, 1.165) is 11.1 Å². The predicted molar refractivity (Wildman–Crippen MR) is 120 cm³/mol. The van der Waals surface area contributed by atoms with Gasteiger partial charge in [-0.15, -0.1) is 0 Å². The fourth-order valence-corrected chi connectivity index (χ4v) is 4.03. The molecule has 0 spiro atoms. The van der Waals surface area contributed by atoms with E-state index in [0.29, 0.717) is 23.3 Å². The molecule has 1 fully saturated rings. The summed E-state index contributed by atoms with van der Waals surface area (Å²) in [6.07, 6.45) is 2.85. The third-order valence-electron chi connectivity index (χ3n) is 6.05. The van der Waals surface area contributed by atoms with Crippen LogP contribution in [-0.4, -0.2) is 42.4 Å². The van der Waals surface area contributed by atoms with Crippen LogP contribution in [0.15, 0.2) is 47.2 Å². The van der Waals surface area contributed by atoms with Crippen molar-refractivity contribution in [2.45, 2.75) is 44.4 Å². The second-order valence-electron chi connectivity index (χ2n) is 8.70. The maximum absolute atomic E-state index is 13.2. The number of pyridine rings is 1. The van der Waals surface area contributed by atoms with E-state index in [1.165, 1.54) is 6.20 Å². The van der Waals surface area contributed by atoms with Crippen LogP contribution in [0, 0.1) is 6.92 Å². The average molecular weight is 481 g/mol. The fraction of sp³-hybridized carbons (Fsp3) is 0.292. The molecule has 0 atom stereocenters. The minimum atomic E-state index is -2.69. The van der Waals surface area contributed by atoms with Crippen molar-refractivity contribution < 1.29 is 28.0 Å². The van der Waals surface area contributed by atoms with E-state index < -0.39 is 23.7 Å². The molecule has 0 aliphatic heterocycles. The first kappa shape index (κ1) is 22.6. The summed E-state index contributed by atoms with van der Waals surface area (Å²) in [5.41, 5.74) is 3.49. The van der Waals surface area contributed by atoms with Gasteiger partial charge in [0.2, 0.25) is 17.6 Å². The number of imidazole rings is 1. The Labute approximate surface area is 197 Å². The lowest BCUT2D eigenvalue weighted by Gasteiger charge is -2.31. The highest BCUT2D eigenvalue weighted by Gasteiger charge is 2.48. The summed E-state index contributed by atoms with van der Waals surface area (Å²) in [5, 5.41) is 15.7. The lowest BCUT2D eigenvalue weighted by Crippen LogP contribution is -2.33. The summed E-state index contributed by atoms with van der Waals surface area (Å²) in [4.78, 5) is 32.5. The van der Waals surface area contributed by atoms with Gasteiger partial charge < -0.3 is 14.9 Å². The van der Waals surface area contributed by atoms with Crippen molar-refractivity contribution >= 4 is 23.2 Å². The monoisotopic (exact) mass is 481 g/mol. The highest BCUT2D eigenvalue weighted by atomic mass is 19.3. The number of nitrogens with one attached hydrogen (secondary N) is 1. The third-order valence-corrected chi connectivity index (χ3v) is 6.05. The molecule has 3 aromatic heterocycles. The molecule has 2 N–H and O–H groups in total. The number of aromatic nitrogens is 4. The van der Waals surface area contributed by atoms with Gasteiger partial charge in [0.15, 0.2) is 0 Å². The Morgan fingerprint density at radius 1 is 1.26 bits per heavy atom. The molecule has 0 radical (unpaired) electrons. The van der Waals surface area contributed by atoms with Crippen molar-refractivity contribution in [3.8, 4) is 11.4 Å². The standard InChI is InChI=1S/C24H21F2N5O4/c1-13-2-5-15(21-29-23(35-30-21)16-9-24(25,26)10-16)8-17(13)28-22(34)18-11-27-19-6-3-14(12-31(18)19)4-7-20(32)33/h2-3,5-6,8,11-12,16H,4,7,9-10H2,1H3,(H,28,34)(H,32,33). The number of nitrogens with zero attached hydrogens (tertiary/aromatic N) is 4. The number of fused-ring (bicyclic) bond motifs is 1. The van der Waals surface area contributed by atoms with Crippen molar-refractivity contribution in [3.05, 3.63) is 65.4 Å². The van der Waals surface area contributed by atoms with E-state index in [1.54, 1.807) is 40.9 Å². The Bertz CT molecular complexity index is 1440. The number of hydrogen-bond acceptors (Lipinski definition) is 6. The van der Waals surface area contributed by atoms with Crippen LogP contribution >= 0.6 is 0 Å². The number of carbonyl (C=O) groups is 2. The number of aryl methyl sites for hydroxylation is 2. The Balaban J connectivity index is 1.36. The van der Waals surface area contributed by atoms with E-state index in [-0.39, 0.29) is 36.7 Å². The Kier molecular flexibility index (Phi) is 5.54. The van der Waals surface area contributed by atoms with Crippen LogP contribution in [0.25, 0.3) is 17.0 Å². The molecule has 180 valence electrons. The second-order valence-corrected chi connectivity index (χ2v) is 8.70. The van der Waals surface area contributed by atoms with E-state index in [4.69, 9.17) is 9.63 Å². The fourth-order valence-electron chi connectivity index (χ4n) is 4.03. The van der Waals surface area contributed by atoms with Crippen LogP contribution in [0.4, 0.5) is 14.5 Å². The molecular weight excluding hydrogens is 460 g/mol. The third kappa shape index (κ3) is 4.61. The van der Waals surface area contributed by atoms with Crippen molar-refractivity contribution in [3.63, 3.8) is 0 Å². The zero-order valence-electron chi connectivity index (χ0n) is 18.7. The van der Waals surface area contributed by atoms with Crippen LogP contribution in [0.5, 0.6) is 0 Å². The number of halogens is 2. The van der Waals surface area contributed by atoms with Gasteiger partial charge in [-0.2, -0.15) is 4.98 Å². The number of aliphatic carboxylic acids is 1. The SMILES string of the molecule is Cc1ccc(-c2noc(C3CC(F)(F)C3)n2)cc1NC(=O)c1cnc2ccc(CCC(=O)O)cn12. The number of hydrogen-bond donors (Lipinski definition) is 2. The lowest BCUT2D eigenvalue weighted by molar-refractivity contribution is -0.136. The first-order valence-electron chi connectivity index (χ1n) is 11.0. The van der Waals surface area contributed by atoms with Gasteiger partial charge in [-0.1, -0.05) is 23.4 Å². The summed E-state index contributed by atoms with van der Waals surface area (Å²) in [5.74, 6) is -4.01. The number of carbonyl (C=O) groups excluding carboxylic acids is 1. The Hall–Kier alpha value is -4.15. The van der Waals surface area contributed by atoms with Crippen LogP contribution in [-0.2, 0) is 11.2 Å². The summed E-state index contributed by atoms with van der Waals surface area (Å²) >= 11 is 0. The minimum absolute atomic E-state index is 0.0192. The molecule has 1 amide bonds. The highest BCUT2D eigenvalue weighted by Crippen LogP contribution is 2.47. The Morgan fingerprint density at radius 2 is 2.06 bits per heavy atom. The quantitative estimate of drug-likeness (QED) is 0.399. The molecule has 1 aliphatic carbocycles. The number of benzene rings is 1. The number of amides is 1. The molecule has 1 aromatic carbocycles. The molecule has 0 unspecified atom stereocenters. The maximum atomic E-state index is 13.2. The molecule has 1 aliphatic rings. The van der Waals surface area contributed by atoms with Crippen molar-refractivity contribution in [1.82, 2.24) is 19.5 Å². The summed E-state index contributed by atoms with van der Waals surface area (Å²) in [6, 6.07) is 8.75. The lowest BCUT2D eigenvalue weighted by atomic mass is 9.81. The number of carboxylic acid groups (broad SMARTS) is 1. The molecule has 9 nitrogen and oxygen atoms in total. The van der Waals surface area contributed by atoms with Crippen LogP contribution < -0.4 is 5.32 Å². The Morgan fingerprint density at radius 3 is 2.80 bits per heavy atom. The first-order chi connectivity index (χ1) is 16.7. The van der Waals surface area contributed by atoms with Crippen molar-refractivity contribution in [2.24, 2.45) is 0 Å². The highest BCUT2D eigenvalue weighted by molar-refractivity contribution is 6.04. The topological polar surface area (TPSA) is 123 Å². The van der Waals surface area contributed by atoms with Crippen LogP contribution in [0.3, 0.4) is 0 Å². The summed E-state index contributed by atoms with van der Waals surface area (Å²) in [7, 11) is 0. The van der Waals surface area contributed by atoms with Gasteiger partial charge in [0.1, 0.15) is 11.3 Å². The first-order valence-corrected chi connectivity index (χ1v) is 11.0. The molecule has 4 aromatic rings. The molecule has 11 heteroatoms. The van der Waals surface area contributed by atoms with Gasteiger partial charge in [0.25, 0.3) is 5.91 Å². The number of rotatable bonds is 7. The van der Waals surface area contributed by atoms with E-state index in [2.05, 4.69) is 20.4 Å². The predicted octanol–water partition coefficient (Wildman–Crippen LogP) is 4.47. The minimum Gasteiger partial charge on any atom is -0.481 e. The second kappa shape index (κ2) is 8.57. The maximum Gasteiger partial charge on any atom is 0.303 e. The largest absolute Gasteiger partial charge is 0.481 e. The van der Waals surface area contributed by atoms with E-state index >= 15 is 0 Å². The molecule has 5 rings (SSSR count). The normalized spacial score (nSPS) is 15.2. The van der Waals surface area contributed by atoms with Gasteiger partial charge >= 0.3 is 5.97 Å². The van der Waals surface area contributed by atoms with Gasteiger partial charge in [-0.25, -0.2) is 13.8 Å². The van der Waals surface area contributed by atoms with Crippen LogP contribution in [0.1, 0.15) is 52.7 Å². The van der Waals surface area contributed by atoms with Gasteiger partial charge in [-0.3, -0.25) is 14.0 Å². The zero-order valence-corrected chi connectivity index (χ0v) is 18.7. The molecule has 0 bridgehead atoms. The summed E-state index contributed by atoms with van der Waals surface area (Å²) in [6.45, 7) is 1.83. The van der Waals surface area contributed by atoms with E-state index in [1.807, 2.05) is 6.92 Å². The van der Waals surface area contributed by atoms with Gasteiger partial charge in [-0.05, 0) is 36.6 Å². The molecule has 3 heterocycles. The molecular formula is C24H21F2N5O4. The summed E-state index contributed by atoms with van der Waals surface area (Å²) < 4.78 is 33.1. The van der Waals surface area contributed by atoms with E-state index in [9.17, 15) is 18.4 Å². The molecule has 0 saturated heterocycles. The molecule has 1 saturated carbocycles. The zero-order chi connectivity index (χ0) is 24.7. The van der Waals surface area contributed by atoms with Gasteiger partial charge in [0.05, 0.1) is 6.20 Å². The van der Waals surface area contributed by atoms with Gasteiger partial charge in [0, 0.05) is 42.6 Å². The number of alkyl halides is 2. The smallest absolute Gasteiger partial charge is 0.303 e. The van der Waals surface area contributed by atoms with Crippen molar-refractivity contribution in [2.75, 3.05) is 5.32 Å². The van der Waals surface area contributed by atoms with Crippen molar-refractivity contribution in [1.29, 1.82) is 0 Å². The number of anilines is 1. The number of carboxylic acids is 1. The average Bonchev–Trinajstić information content (AvgIpc) is 3.44.